The van der Waals surface area contributed by atoms with Crippen LogP contribution < -0.4 is 4.90 Å². The third-order valence-corrected chi connectivity index (χ3v) is 5.65. The number of ether oxygens (including phenoxy) is 1. The lowest BCUT2D eigenvalue weighted by atomic mass is 10.1. The fraction of sp³-hybridized carbons (Fsp3) is 0.320. The van der Waals surface area contributed by atoms with Crippen molar-refractivity contribution in [2.45, 2.75) is 19.8 Å². The molecule has 1 aliphatic heterocycles. The first-order valence-corrected chi connectivity index (χ1v) is 11.2. The number of carbonyl (C=O) groups is 3. The SMILES string of the molecule is Cc1ccc(C(=O)CCC(=O)OCC(=O)N2CCN(c3oc(-c4ccco4)nc3C#N)CC2)cc1. The Bertz CT molecular complexity index is 1230. The van der Waals surface area contributed by atoms with Gasteiger partial charge in [-0.05, 0) is 19.1 Å². The Morgan fingerprint density at radius 1 is 1.09 bits per heavy atom. The van der Waals surface area contributed by atoms with Gasteiger partial charge >= 0.3 is 5.97 Å². The number of amides is 1. The average molecular weight is 476 g/mol. The number of aryl methyl sites for hydroxylation is 1. The number of hydrogen-bond acceptors (Lipinski definition) is 9. The van der Waals surface area contributed by atoms with Crippen LogP contribution in [0.25, 0.3) is 11.7 Å². The number of nitrogens with zero attached hydrogens (tertiary/aromatic N) is 4. The molecule has 0 radical (unpaired) electrons. The molecule has 1 aliphatic rings. The van der Waals surface area contributed by atoms with Crippen molar-refractivity contribution in [2.75, 3.05) is 37.7 Å². The van der Waals surface area contributed by atoms with E-state index in [9.17, 15) is 19.6 Å². The number of Topliss-reactive ketones (excluding diaryl/α,β-unsaturated/α-hetero) is 1. The van der Waals surface area contributed by atoms with Crippen molar-refractivity contribution in [3.63, 3.8) is 0 Å². The molecule has 0 unspecified atom stereocenters. The normalized spacial score (nSPS) is 13.4. The first-order valence-electron chi connectivity index (χ1n) is 11.2. The Kier molecular flexibility index (Phi) is 7.26. The average Bonchev–Trinajstić information content (AvgIpc) is 3.56. The van der Waals surface area contributed by atoms with E-state index in [4.69, 9.17) is 13.6 Å². The summed E-state index contributed by atoms with van der Waals surface area (Å²) in [7, 11) is 0. The molecule has 0 N–H and O–H groups in total. The van der Waals surface area contributed by atoms with Crippen LogP contribution in [-0.2, 0) is 14.3 Å². The van der Waals surface area contributed by atoms with Gasteiger partial charge in [0.05, 0.1) is 12.7 Å². The Labute approximate surface area is 201 Å². The predicted molar refractivity (Wildman–Crippen MR) is 123 cm³/mol. The van der Waals surface area contributed by atoms with Crippen molar-refractivity contribution in [1.29, 1.82) is 5.26 Å². The van der Waals surface area contributed by atoms with Crippen molar-refractivity contribution in [2.24, 2.45) is 0 Å². The second-order valence-electron chi connectivity index (χ2n) is 8.08. The molecule has 1 aromatic carbocycles. The molecule has 0 aliphatic carbocycles. The molecule has 1 saturated heterocycles. The van der Waals surface area contributed by atoms with E-state index in [0.717, 1.165) is 5.56 Å². The number of benzene rings is 1. The molecule has 0 saturated carbocycles. The van der Waals surface area contributed by atoms with Gasteiger partial charge in [-0.15, -0.1) is 0 Å². The van der Waals surface area contributed by atoms with E-state index >= 15 is 0 Å². The van der Waals surface area contributed by atoms with Crippen molar-refractivity contribution in [3.8, 4) is 17.7 Å². The molecule has 180 valence electrons. The predicted octanol–water partition coefficient (Wildman–Crippen LogP) is 2.97. The number of oxazole rings is 1. The minimum absolute atomic E-state index is 0.0210. The van der Waals surface area contributed by atoms with Gasteiger partial charge in [-0.1, -0.05) is 29.8 Å². The summed E-state index contributed by atoms with van der Waals surface area (Å²) in [6, 6.07) is 12.5. The number of carbonyl (C=O) groups excluding carboxylic acids is 3. The lowest BCUT2D eigenvalue weighted by Crippen LogP contribution is -2.50. The third-order valence-electron chi connectivity index (χ3n) is 5.65. The number of piperazine rings is 1. The van der Waals surface area contributed by atoms with E-state index in [1.165, 1.54) is 6.26 Å². The highest BCUT2D eigenvalue weighted by molar-refractivity contribution is 5.97. The second kappa shape index (κ2) is 10.7. The first kappa shape index (κ1) is 23.8. The summed E-state index contributed by atoms with van der Waals surface area (Å²) in [5.74, 6) is -0.100. The molecule has 4 rings (SSSR count). The highest BCUT2D eigenvalue weighted by Gasteiger charge is 2.27. The zero-order valence-electron chi connectivity index (χ0n) is 19.2. The molecule has 35 heavy (non-hydrogen) atoms. The standard InChI is InChI=1S/C25H24N4O6/c1-17-4-6-18(7-5-17)20(30)8-9-23(32)34-16-22(31)28-10-12-29(13-11-28)25-19(15-26)27-24(35-25)21-3-2-14-33-21/h2-7,14H,8-13,16H2,1H3. The quantitative estimate of drug-likeness (QED) is 0.356. The fourth-order valence-corrected chi connectivity index (χ4v) is 3.67. The van der Waals surface area contributed by atoms with E-state index in [2.05, 4.69) is 4.98 Å². The topological polar surface area (TPSA) is 130 Å². The van der Waals surface area contributed by atoms with Gasteiger partial charge in [-0.25, -0.2) is 0 Å². The van der Waals surface area contributed by atoms with Crippen molar-refractivity contribution >= 4 is 23.5 Å². The monoisotopic (exact) mass is 476 g/mol. The first-order chi connectivity index (χ1) is 16.9. The maximum absolute atomic E-state index is 12.5. The number of ketones is 1. The third kappa shape index (κ3) is 5.76. The van der Waals surface area contributed by atoms with E-state index in [1.807, 2.05) is 30.0 Å². The maximum Gasteiger partial charge on any atom is 0.306 e. The van der Waals surface area contributed by atoms with Gasteiger partial charge in [0.25, 0.3) is 11.8 Å². The molecule has 0 spiro atoms. The summed E-state index contributed by atoms with van der Waals surface area (Å²) < 4.78 is 16.1. The van der Waals surface area contributed by atoms with Gasteiger partial charge in [-0.3, -0.25) is 14.4 Å². The van der Waals surface area contributed by atoms with Crippen LogP contribution in [0, 0.1) is 18.3 Å². The van der Waals surface area contributed by atoms with E-state index in [-0.39, 0.29) is 42.7 Å². The summed E-state index contributed by atoms with van der Waals surface area (Å²) in [6.07, 6.45) is 1.42. The molecular formula is C25H24N4O6. The Hall–Kier alpha value is -4.39. The molecule has 0 atom stereocenters. The number of furan rings is 1. The molecule has 1 amide bonds. The smallest absolute Gasteiger partial charge is 0.306 e. The van der Waals surface area contributed by atoms with Crippen LogP contribution in [0.3, 0.4) is 0 Å². The van der Waals surface area contributed by atoms with Crippen LogP contribution in [0.5, 0.6) is 0 Å². The highest BCUT2D eigenvalue weighted by atomic mass is 16.5. The second-order valence-corrected chi connectivity index (χ2v) is 8.08. The van der Waals surface area contributed by atoms with Crippen LogP contribution in [-0.4, -0.2) is 60.3 Å². The zero-order valence-corrected chi connectivity index (χ0v) is 19.2. The van der Waals surface area contributed by atoms with Crippen molar-refractivity contribution in [3.05, 3.63) is 59.5 Å². The molecule has 1 fully saturated rings. The number of aromatic nitrogens is 1. The van der Waals surface area contributed by atoms with Crippen LogP contribution in [0.15, 0.2) is 51.5 Å². The lowest BCUT2D eigenvalue weighted by molar-refractivity contribution is -0.152. The Morgan fingerprint density at radius 3 is 2.49 bits per heavy atom. The van der Waals surface area contributed by atoms with E-state index in [0.29, 0.717) is 43.4 Å². The zero-order chi connectivity index (χ0) is 24.8. The summed E-state index contributed by atoms with van der Waals surface area (Å²) >= 11 is 0. The molecular weight excluding hydrogens is 452 g/mol. The van der Waals surface area contributed by atoms with Gasteiger partial charge < -0.3 is 23.4 Å². The number of anilines is 1. The molecule has 0 bridgehead atoms. The van der Waals surface area contributed by atoms with E-state index < -0.39 is 5.97 Å². The summed E-state index contributed by atoms with van der Waals surface area (Å²) in [6.45, 7) is 3.12. The van der Waals surface area contributed by atoms with E-state index in [1.54, 1.807) is 29.2 Å². The minimum atomic E-state index is -0.594. The van der Waals surface area contributed by atoms with Gasteiger partial charge in [0.2, 0.25) is 11.6 Å². The molecule has 3 aromatic rings. The molecule has 3 heterocycles. The molecule has 2 aromatic heterocycles. The summed E-state index contributed by atoms with van der Waals surface area (Å²) in [5, 5.41) is 9.41. The fourth-order valence-electron chi connectivity index (χ4n) is 3.67. The number of rotatable bonds is 8. The summed E-state index contributed by atoms with van der Waals surface area (Å²) in [5.41, 5.74) is 1.73. The van der Waals surface area contributed by atoms with Gasteiger partial charge in [0.1, 0.15) is 6.07 Å². The maximum atomic E-state index is 12.5. The van der Waals surface area contributed by atoms with Crippen molar-refractivity contribution < 1.29 is 28.0 Å². The lowest BCUT2D eigenvalue weighted by Gasteiger charge is -2.34. The van der Waals surface area contributed by atoms with Gasteiger partial charge in [-0.2, -0.15) is 10.2 Å². The molecule has 10 heteroatoms. The Balaban J connectivity index is 1.22. The minimum Gasteiger partial charge on any atom is -0.459 e. The summed E-state index contributed by atoms with van der Waals surface area (Å²) in [4.78, 5) is 44.3. The number of hydrogen-bond donors (Lipinski definition) is 0. The Morgan fingerprint density at radius 2 is 1.83 bits per heavy atom. The highest BCUT2D eigenvalue weighted by Crippen LogP contribution is 2.29. The number of esters is 1. The van der Waals surface area contributed by atoms with Crippen LogP contribution in [0.4, 0.5) is 5.88 Å². The van der Waals surface area contributed by atoms with Crippen LogP contribution in [0.2, 0.25) is 0 Å². The van der Waals surface area contributed by atoms with Crippen molar-refractivity contribution in [1.82, 2.24) is 9.88 Å². The van der Waals surface area contributed by atoms with Gasteiger partial charge in [0, 0.05) is 38.2 Å². The van der Waals surface area contributed by atoms with Crippen LogP contribution in [0.1, 0.15) is 34.5 Å². The molecule has 10 nitrogen and oxygen atoms in total. The largest absolute Gasteiger partial charge is 0.459 e. The number of nitriles is 1. The van der Waals surface area contributed by atoms with Gasteiger partial charge in [0.15, 0.2) is 18.2 Å². The van der Waals surface area contributed by atoms with Crippen LogP contribution >= 0.6 is 0 Å².